The number of nitrogens with zero attached hydrogens (tertiary/aromatic N) is 2. The smallest absolute Gasteiger partial charge is 0.419 e. The van der Waals surface area contributed by atoms with Crippen LogP contribution in [0.5, 0.6) is 5.75 Å². The van der Waals surface area contributed by atoms with Crippen LogP contribution >= 0.6 is 0 Å². The molecule has 1 saturated heterocycles. The van der Waals surface area contributed by atoms with Gasteiger partial charge in [0.2, 0.25) is 0 Å². The van der Waals surface area contributed by atoms with Gasteiger partial charge >= 0.3 is 6.18 Å². The largest absolute Gasteiger partial charge is 0.489 e. The monoisotopic (exact) mass is 487 g/mol. The van der Waals surface area contributed by atoms with E-state index in [4.69, 9.17) is 15.9 Å². The first-order valence-corrected chi connectivity index (χ1v) is 11.1. The third-order valence-corrected chi connectivity index (χ3v) is 5.79. The van der Waals surface area contributed by atoms with E-state index in [1.54, 1.807) is 41.3 Å². The predicted octanol–water partition coefficient (Wildman–Crippen LogP) is 4.64. The molecule has 0 amide bonds. The van der Waals surface area contributed by atoms with Crippen LogP contribution in [0.4, 0.5) is 17.6 Å². The van der Waals surface area contributed by atoms with Crippen LogP contribution in [-0.2, 0) is 6.18 Å². The summed E-state index contributed by atoms with van der Waals surface area (Å²) in [5.41, 5.74) is 6.21. The Hall–Kier alpha value is -3.82. The molecule has 0 spiro atoms. The molecule has 35 heavy (non-hydrogen) atoms. The van der Waals surface area contributed by atoms with Gasteiger partial charge in [0.1, 0.15) is 24.0 Å². The molecule has 2 aliphatic rings. The van der Waals surface area contributed by atoms with E-state index in [1.807, 2.05) is 0 Å². The van der Waals surface area contributed by atoms with Gasteiger partial charge in [-0.1, -0.05) is 18.2 Å². The maximum Gasteiger partial charge on any atom is 0.419 e. The van der Waals surface area contributed by atoms with Crippen LogP contribution < -0.4 is 15.8 Å². The highest BCUT2D eigenvalue weighted by Crippen LogP contribution is 2.38. The standard InChI is InChI=1S/C25H25F4N5O/c26-18-8-5-16(6-9-18)3-2-14-35-22-10-7-17(15-19(22)25(27,28)29)20-11-12-32-23(33-20)21-4-1-13-34(21)24(30)31/h2-3,5-11,15,21H,1,4,12-14H2,(H3,30,31)(H,32,33)/b3-2+. The molecule has 2 aromatic carbocycles. The number of guanidine groups is 1. The van der Waals surface area contributed by atoms with Crippen molar-refractivity contribution >= 4 is 23.6 Å². The molecule has 0 bridgehead atoms. The molecule has 0 radical (unpaired) electrons. The number of hydrogen-bond acceptors (Lipinski definition) is 4. The van der Waals surface area contributed by atoms with Crippen molar-refractivity contribution < 1.29 is 22.3 Å². The Balaban J connectivity index is 1.52. The van der Waals surface area contributed by atoms with Crippen molar-refractivity contribution in [1.29, 1.82) is 5.41 Å². The molecule has 1 atom stereocenters. The summed E-state index contributed by atoms with van der Waals surface area (Å²) < 4.78 is 59.9. The van der Waals surface area contributed by atoms with Gasteiger partial charge in [-0.3, -0.25) is 5.41 Å². The van der Waals surface area contributed by atoms with E-state index in [1.165, 1.54) is 18.2 Å². The van der Waals surface area contributed by atoms with Gasteiger partial charge in [-0.2, -0.15) is 13.2 Å². The number of likely N-dealkylation sites (tertiary alicyclic amines) is 1. The van der Waals surface area contributed by atoms with Gasteiger partial charge < -0.3 is 20.7 Å². The number of halogens is 4. The van der Waals surface area contributed by atoms with E-state index in [9.17, 15) is 17.6 Å². The van der Waals surface area contributed by atoms with Crippen molar-refractivity contribution in [1.82, 2.24) is 10.2 Å². The first kappa shape index (κ1) is 24.3. The number of alkyl halides is 3. The topological polar surface area (TPSA) is 86.7 Å². The fraction of sp³-hybridized carbons (Fsp3) is 0.280. The Bertz CT molecular complexity index is 1170. The summed E-state index contributed by atoms with van der Waals surface area (Å²) in [6.07, 6.45) is 1.91. The molecule has 10 heteroatoms. The number of nitrogens with two attached hydrogens (primary N) is 1. The van der Waals surface area contributed by atoms with E-state index < -0.39 is 11.7 Å². The zero-order chi connectivity index (χ0) is 25.0. The summed E-state index contributed by atoms with van der Waals surface area (Å²) in [4.78, 5) is 6.29. The highest BCUT2D eigenvalue weighted by molar-refractivity contribution is 5.96. The molecule has 4 N–H and O–H groups in total. The van der Waals surface area contributed by atoms with Gasteiger partial charge in [-0.05, 0) is 60.9 Å². The zero-order valence-electron chi connectivity index (χ0n) is 18.8. The first-order chi connectivity index (χ1) is 16.7. The minimum atomic E-state index is -4.62. The number of hydrogen-bond donors (Lipinski definition) is 3. The lowest BCUT2D eigenvalue weighted by Crippen LogP contribution is -2.49. The number of nitrogens with one attached hydrogen (secondary N) is 2. The SMILES string of the molecule is N=C(N)N1CCCC1C1=NC(c2ccc(OC/C=C/c3ccc(F)cc3)c(C(F)(F)F)c2)=CCN1. The number of ether oxygens (including phenoxy) is 1. The third-order valence-electron chi connectivity index (χ3n) is 5.79. The van der Waals surface area contributed by atoms with Crippen LogP contribution in [0.25, 0.3) is 11.8 Å². The van der Waals surface area contributed by atoms with Crippen LogP contribution in [0, 0.1) is 11.2 Å². The molecule has 0 aromatic heterocycles. The zero-order valence-corrected chi connectivity index (χ0v) is 18.8. The van der Waals surface area contributed by atoms with Crippen molar-refractivity contribution in [3.8, 4) is 5.75 Å². The van der Waals surface area contributed by atoms with Gasteiger partial charge in [-0.25, -0.2) is 9.38 Å². The fourth-order valence-corrected chi connectivity index (χ4v) is 4.11. The van der Waals surface area contributed by atoms with E-state index in [-0.39, 0.29) is 30.2 Å². The molecule has 6 nitrogen and oxygen atoms in total. The molecule has 0 aliphatic carbocycles. The van der Waals surface area contributed by atoms with Crippen LogP contribution in [0.1, 0.15) is 29.5 Å². The molecule has 0 saturated carbocycles. The predicted molar refractivity (Wildman–Crippen MR) is 127 cm³/mol. The molecule has 2 aliphatic heterocycles. The molecule has 4 rings (SSSR count). The quantitative estimate of drug-likeness (QED) is 0.315. The van der Waals surface area contributed by atoms with Gasteiger partial charge in [-0.15, -0.1) is 0 Å². The molecule has 2 heterocycles. The highest BCUT2D eigenvalue weighted by atomic mass is 19.4. The summed E-state index contributed by atoms with van der Waals surface area (Å²) in [5, 5.41) is 10.9. The summed E-state index contributed by atoms with van der Waals surface area (Å²) in [6, 6.07) is 9.39. The Kier molecular flexibility index (Phi) is 7.09. The van der Waals surface area contributed by atoms with E-state index in [2.05, 4.69) is 10.3 Å². The maximum atomic E-state index is 13.8. The summed E-state index contributed by atoms with van der Waals surface area (Å²) in [7, 11) is 0. The van der Waals surface area contributed by atoms with Crippen LogP contribution in [0.2, 0.25) is 0 Å². The fourth-order valence-electron chi connectivity index (χ4n) is 4.11. The van der Waals surface area contributed by atoms with E-state index in [0.717, 1.165) is 18.9 Å². The van der Waals surface area contributed by atoms with E-state index >= 15 is 0 Å². The molecule has 2 aromatic rings. The minimum absolute atomic E-state index is 0.0533. The second kappa shape index (κ2) is 10.2. The number of rotatable bonds is 6. The Morgan fingerprint density at radius 3 is 2.71 bits per heavy atom. The second-order valence-corrected chi connectivity index (χ2v) is 8.18. The molecular formula is C25H25F4N5O. The van der Waals surface area contributed by atoms with Crippen LogP contribution in [0.3, 0.4) is 0 Å². The van der Waals surface area contributed by atoms with Crippen LogP contribution in [-0.4, -0.2) is 42.4 Å². The maximum absolute atomic E-state index is 13.8. The van der Waals surface area contributed by atoms with Crippen LogP contribution in [0.15, 0.2) is 59.6 Å². The first-order valence-electron chi connectivity index (χ1n) is 11.1. The normalized spacial score (nSPS) is 18.3. The van der Waals surface area contributed by atoms with Gasteiger partial charge in [0, 0.05) is 18.7 Å². The number of aliphatic imine (C=N–C) groups is 1. The van der Waals surface area contributed by atoms with Crippen molar-refractivity contribution in [3.63, 3.8) is 0 Å². The Morgan fingerprint density at radius 2 is 2.00 bits per heavy atom. The van der Waals surface area contributed by atoms with E-state index in [0.29, 0.717) is 35.7 Å². The third kappa shape index (κ3) is 5.82. The summed E-state index contributed by atoms with van der Waals surface area (Å²) in [5.74, 6) is -0.118. The minimum Gasteiger partial charge on any atom is -0.489 e. The van der Waals surface area contributed by atoms with Crippen molar-refractivity contribution in [2.45, 2.75) is 25.1 Å². The number of amidine groups is 1. The Labute approximate surface area is 200 Å². The lowest BCUT2D eigenvalue weighted by Gasteiger charge is -2.28. The Morgan fingerprint density at radius 1 is 1.23 bits per heavy atom. The molecule has 184 valence electrons. The molecular weight excluding hydrogens is 462 g/mol. The van der Waals surface area contributed by atoms with Gasteiger partial charge in [0.15, 0.2) is 5.96 Å². The second-order valence-electron chi connectivity index (χ2n) is 8.18. The average Bonchev–Trinajstić information content (AvgIpc) is 3.33. The lowest BCUT2D eigenvalue weighted by molar-refractivity contribution is -0.138. The van der Waals surface area contributed by atoms with Crippen molar-refractivity contribution in [2.24, 2.45) is 10.7 Å². The average molecular weight is 488 g/mol. The molecule has 1 unspecified atom stereocenters. The number of benzene rings is 2. The van der Waals surface area contributed by atoms with Gasteiger partial charge in [0.05, 0.1) is 17.3 Å². The summed E-state index contributed by atoms with van der Waals surface area (Å²) in [6.45, 7) is 0.959. The van der Waals surface area contributed by atoms with Crippen molar-refractivity contribution in [2.75, 3.05) is 19.7 Å². The molecule has 1 fully saturated rings. The van der Waals surface area contributed by atoms with Gasteiger partial charge in [0.25, 0.3) is 0 Å². The highest BCUT2D eigenvalue weighted by Gasteiger charge is 2.35. The van der Waals surface area contributed by atoms with Crippen molar-refractivity contribution in [3.05, 3.63) is 77.1 Å². The lowest BCUT2D eigenvalue weighted by atomic mass is 10.0. The summed E-state index contributed by atoms with van der Waals surface area (Å²) >= 11 is 0.